The Labute approximate surface area is 124 Å². The number of nitro groups is 1. The van der Waals surface area contributed by atoms with Crippen LogP contribution in [-0.2, 0) is 4.74 Å². The normalized spacial score (nSPS) is 13.8. The SMILES string of the molecule is COCCC(C)(O)CNc1cc(F)c(Br)cc1[N+](=O)[O-]. The van der Waals surface area contributed by atoms with Gasteiger partial charge >= 0.3 is 0 Å². The van der Waals surface area contributed by atoms with E-state index in [1.807, 2.05) is 0 Å². The van der Waals surface area contributed by atoms with Crippen LogP contribution in [0.4, 0.5) is 15.8 Å². The lowest BCUT2D eigenvalue weighted by molar-refractivity contribution is -0.384. The van der Waals surface area contributed by atoms with E-state index in [1.165, 1.54) is 7.11 Å². The van der Waals surface area contributed by atoms with Crippen LogP contribution in [0.3, 0.4) is 0 Å². The minimum Gasteiger partial charge on any atom is -0.388 e. The van der Waals surface area contributed by atoms with Crippen molar-refractivity contribution in [3.63, 3.8) is 0 Å². The maximum Gasteiger partial charge on any atom is 0.293 e. The average Bonchev–Trinajstić information content (AvgIpc) is 2.37. The number of methoxy groups -OCH3 is 1. The molecule has 20 heavy (non-hydrogen) atoms. The van der Waals surface area contributed by atoms with Crippen molar-refractivity contribution in [1.29, 1.82) is 0 Å². The third-order valence-corrected chi connectivity index (χ3v) is 3.35. The number of nitrogens with zero attached hydrogens (tertiary/aromatic N) is 1. The van der Waals surface area contributed by atoms with Crippen molar-refractivity contribution in [3.05, 3.63) is 32.5 Å². The standard InChI is InChI=1S/C12H16BrFN2O4/c1-12(17,3-4-20-2)7-15-10-6-9(14)8(13)5-11(10)16(18)19/h5-6,15,17H,3-4,7H2,1-2H3. The van der Waals surface area contributed by atoms with Crippen LogP contribution in [0.15, 0.2) is 16.6 Å². The van der Waals surface area contributed by atoms with Crippen molar-refractivity contribution in [2.75, 3.05) is 25.6 Å². The summed E-state index contributed by atoms with van der Waals surface area (Å²) in [7, 11) is 1.51. The molecule has 0 aliphatic carbocycles. The van der Waals surface area contributed by atoms with Gasteiger partial charge in [0, 0.05) is 38.8 Å². The van der Waals surface area contributed by atoms with Gasteiger partial charge in [0.15, 0.2) is 0 Å². The Hall–Kier alpha value is -1.25. The molecule has 1 atom stereocenters. The van der Waals surface area contributed by atoms with Crippen molar-refractivity contribution in [2.45, 2.75) is 18.9 Å². The van der Waals surface area contributed by atoms with Gasteiger partial charge in [0.1, 0.15) is 11.5 Å². The fourth-order valence-electron chi connectivity index (χ4n) is 1.52. The van der Waals surface area contributed by atoms with Gasteiger partial charge in [0.25, 0.3) is 5.69 Å². The Morgan fingerprint density at radius 3 is 2.80 bits per heavy atom. The molecule has 0 aromatic heterocycles. The number of anilines is 1. The van der Waals surface area contributed by atoms with Crippen LogP contribution in [-0.4, -0.2) is 35.9 Å². The number of hydrogen-bond acceptors (Lipinski definition) is 5. The number of aliphatic hydroxyl groups is 1. The van der Waals surface area contributed by atoms with Crippen molar-refractivity contribution in [3.8, 4) is 0 Å². The molecule has 0 amide bonds. The van der Waals surface area contributed by atoms with Crippen LogP contribution in [0.1, 0.15) is 13.3 Å². The van der Waals surface area contributed by atoms with Crippen molar-refractivity contribution >= 4 is 27.3 Å². The second-order valence-electron chi connectivity index (χ2n) is 4.63. The minimum absolute atomic E-state index is 0.0147. The second-order valence-corrected chi connectivity index (χ2v) is 5.49. The number of rotatable bonds is 7. The van der Waals surface area contributed by atoms with E-state index in [2.05, 4.69) is 21.2 Å². The highest BCUT2D eigenvalue weighted by Gasteiger charge is 2.23. The molecule has 112 valence electrons. The fourth-order valence-corrected chi connectivity index (χ4v) is 1.86. The molecule has 0 aliphatic rings. The van der Waals surface area contributed by atoms with Gasteiger partial charge in [-0.15, -0.1) is 0 Å². The van der Waals surface area contributed by atoms with E-state index < -0.39 is 16.3 Å². The van der Waals surface area contributed by atoms with Crippen LogP contribution < -0.4 is 5.32 Å². The first-order chi connectivity index (χ1) is 9.26. The van der Waals surface area contributed by atoms with E-state index >= 15 is 0 Å². The van der Waals surface area contributed by atoms with Gasteiger partial charge in [-0.05, 0) is 22.9 Å². The molecule has 0 saturated carbocycles. The Morgan fingerprint density at radius 2 is 2.25 bits per heavy atom. The van der Waals surface area contributed by atoms with Gasteiger partial charge in [0.05, 0.1) is 15.0 Å². The molecule has 1 aromatic carbocycles. The average molecular weight is 351 g/mol. The predicted octanol–water partition coefficient (Wildman–Crippen LogP) is 2.70. The van der Waals surface area contributed by atoms with Gasteiger partial charge in [-0.25, -0.2) is 4.39 Å². The van der Waals surface area contributed by atoms with Crippen LogP contribution in [0.25, 0.3) is 0 Å². The highest BCUT2D eigenvalue weighted by Crippen LogP contribution is 2.31. The van der Waals surface area contributed by atoms with E-state index in [0.29, 0.717) is 13.0 Å². The van der Waals surface area contributed by atoms with Gasteiger partial charge in [-0.1, -0.05) is 0 Å². The summed E-state index contributed by atoms with van der Waals surface area (Å²) in [6.07, 6.45) is 0.351. The first kappa shape index (κ1) is 16.8. The Kier molecular flexibility index (Phi) is 5.85. The maximum atomic E-state index is 13.5. The molecular formula is C12H16BrFN2O4. The Morgan fingerprint density at radius 1 is 1.60 bits per heavy atom. The molecule has 2 N–H and O–H groups in total. The molecule has 6 nitrogen and oxygen atoms in total. The molecule has 0 bridgehead atoms. The third kappa shape index (κ3) is 4.69. The molecule has 1 unspecified atom stereocenters. The van der Waals surface area contributed by atoms with E-state index in [1.54, 1.807) is 6.92 Å². The molecule has 8 heteroatoms. The molecule has 0 radical (unpaired) electrons. The Balaban J connectivity index is 2.86. The highest BCUT2D eigenvalue weighted by molar-refractivity contribution is 9.10. The quantitative estimate of drug-likeness (QED) is 0.583. The van der Waals surface area contributed by atoms with Crippen LogP contribution in [0.5, 0.6) is 0 Å². The topological polar surface area (TPSA) is 84.6 Å². The van der Waals surface area contributed by atoms with E-state index in [9.17, 15) is 19.6 Å². The van der Waals surface area contributed by atoms with Crippen molar-refractivity contribution in [1.82, 2.24) is 0 Å². The summed E-state index contributed by atoms with van der Waals surface area (Å²) >= 11 is 2.90. The molecule has 0 spiro atoms. The molecule has 0 saturated heterocycles. The smallest absolute Gasteiger partial charge is 0.293 e. The zero-order valence-corrected chi connectivity index (χ0v) is 12.7. The summed E-state index contributed by atoms with van der Waals surface area (Å²) in [4.78, 5) is 10.3. The van der Waals surface area contributed by atoms with Gasteiger partial charge in [0.2, 0.25) is 0 Å². The van der Waals surface area contributed by atoms with Crippen LogP contribution in [0, 0.1) is 15.9 Å². The summed E-state index contributed by atoms with van der Waals surface area (Å²) in [5.74, 6) is -0.616. The van der Waals surface area contributed by atoms with Crippen molar-refractivity contribution in [2.24, 2.45) is 0 Å². The van der Waals surface area contributed by atoms with Gasteiger partial charge in [-0.3, -0.25) is 10.1 Å². The molecule has 1 aromatic rings. The van der Waals surface area contributed by atoms with E-state index in [0.717, 1.165) is 12.1 Å². The fraction of sp³-hybridized carbons (Fsp3) is 0.500. The zero-order chi connectivity index (χ0) is 15.3. The zero-order valence-electron chi connectivity index (χ0n) is 11.2. The molecule has 1 rings (SSSR count). The summed E-state index contributed by atoms with van der Waals surface area (Å²) in [5, 5.41) is 23.7. The lowest BCUT2D eigenvalue weighted by Gasteiger charge is -2.23. The maximum absolute atomic E-state index is 13.5. The summed E-state index contributed by atoms with van der Waals surface area (Å²) in [5.41, 5.74) is -1.36. The monoisotopic (exact) mass is 350 g/mol. The number of nitro benzene ring substituents is 1. The summed E-state index contributed by atoms with van der Waals surface area (Å²) < 4.78 is 18.3. The summed E-state index contributed by atoms with van der Waals surface area (Å²) in [6.45, 7) is 1.96. The third-order valence-electron chi connectivity index (χ3n) is 2.74. The van der Waals surface area contributed by atoms with E-state index in [-0.39, 0.29) is 22.4 Å². The Bertz CT molecular complexity index is 497. The number of nitrogens with one attached hydrogen (secondary N) is 1. The van der Waals surface area contributed by atoms with Gasteiger partial charge in [-0.2, -0.15) is 0 Å². The number of hydrogen-bond donors (Lipinski definition) is 2. The summed E-state index contributed by atoms with van der Waals surface area (Å²) in [6, 6.07) is 2.11. The molecule has 0 fully saturated rings. The lowest BCUT2D eigenvalue weighted by Crippen LogP contribution is -2.34. The predicted molar refractivity (Wildman–Crippen MR) is 76.4 cm³/mol. The number of ether oxygens (including phenoxy) is 1. The first-order valence-electron chi connectivity index (χ1n) is 5.85. The largest absolute Gasteiger partial charge is 0.388 e. The van der Waals surface area contributed by atoms with Gasteiger partial charge < -0.3 is 15.2 Å². The second kappa shape index (κ2) is 6.96. The molecule has 0 aliphatic heterocycles. The number of benzene rings is 1. The van der Waals surface area contributed by atoms with Crippen LogP contribution in [0.2, 0.25) is 0 Å². The lowest BCUT2D eigenvalue weighted by atomic mass is 10.0. The van der Waals surface area contributed by atoms with E-state index in [4.69, 9.17) is 4.74 Å². The highest BCUT2D eigenvalue weighted by atomic mass is 79.9. The minimum atomic E-state index is -1.12. The van der Waals surface area contributed by atoms with Crippen LogP contribution >= 0.6 is 15.9 Å². The molecule has 0 heterocycles. The number of halogens is 2. The van der Waals surface area contributed by atoms with Crippen molar-refractivity contribution < 1.29 is 19.2 Å². The first-order valence-corrected chi connectivity index (χ1v) is 6.65. The molecular weight excluding hydrogens is 335 g/mol.